The summed E-state index contributed by atoms with van der Waals surface area (Å²) in [5, 5.41) is 1.04. The number of hydrogen-bond donors (Lipinski definition) is 0. The molecule has 5 heteroatoms. The molecular weight excluding hydrogens is 442 g/mol. The number of hydrogen-bond acceptors (Lipinski definition) is 5. The zero-order chi connectivity index (χ0) is 23.8. The minimum Gasteiger partial charge on any atom is -0.494 e. The van der Waals surface area contributed by atoms with Crippen LogP contribution in [-0.4, -0.2) is 19.0 Å². The first-order valence-electron chi connectivity index (χ1n) is 11.3. The molecule has 0 saturated carbocycles. The Labute approximate surface area is 204 Å². The topological polar surface area (TPSA) is 38.8 Å². The summed E-state index contributed by atoms with van der Waals surface area (Å²) in [7, 11) is 0. The Balaban J connectivity index is 1.63. The number of thiophene rings is 1. The van der Waals surface area contributed by atoms with E-state index in [0.717, 1.165) is 32.8 Å². The monoisotopic (exact) mass is 469 g/mol. The van der Waals surface area contributed by atoms with Crippen molar-refractivity contribution in [1.82, 2.24) is 0 Å². The molecule has 0 aliphatic carbocycles. The first-order chi connectivity index (χ1) is 16.7. The molecule has 4 nitrogen and oxygen atoms in total. The van der Waals surface area contributed by atoms with Gasteiger partial charge in [0.2, 0.25) is 0 Å². The molecule has 0 spiro atoms. The molecular formula is C29H27NO3S. The zero-order valence-electron chi connectivity index (χ0n) is 19.3. The number of rotatable bonds is 10. The number of allylic oxidation sites excluding steroid dienone is 1. The number of nitrogens with zero attached hydrogens (tertiary/aromatic N) is 1. The van der Waals surface area contributed by atoms with Gasteiger partial charge in [0.25, 0.3) is 0 Å². The summed E-state index contributed by atoms with van der Waals surface area (Å²) in [4.78, 5) is 15.6. The average Bonchev–Trinajstić information content (AvgIpc) is 3.34. The van der Waals surface area contributed by atoms with Gasteiger partial charge in [-0.2, -0.15) is 0 Å². The van der Waals surface area contributed by atoms with Crippen molar-refractivity contribution in [3.05, 3.63) is 108 Å². The lowest BCUT2D eigenvalue weighted by Gasteiger charge is -2.24. The van der Waals surface area contributed by atoms with Crippen LogP contribution < -0.4 is 14.4 Å². The normalized spacial score (nSPS) is 10.9. The summed E-state index contributed by atoms with van der Waals surface area (Å²) < 4.78 is 11.2. The summed E-state index contributed by atoms with van der Waals surface area (Å²) in [5.74, 6) is 1.67. The maximum atomic E-state index is 12.5. The maximum absolute atomic E-state index is 12.5. The molecule has 1 aromatic heterocycles. The predicted octanol–water partition coefficient (Wildman–Crippen LogP) is 7.91. The molecule has 0 radical (unpaired) electrons. The lowest BCUT2D eigenvalue weighted by molar-refractivity contribution is 0.104. The van der Waals surface area contributed by atoms with Gasteiger partial charge in [0.1, 0.15) is 16.5 Å². The van der Waals surface area contributed by atoms with E-state index in [2.05, 4.69) is 35.2 Å². The molecule has 0 saturated heterocycles. The van der Waals surface area contributed by atoms with Gasteiger partial charge in [-0.3, -0.25) is 4.79 Å². The molecule has 172 valence electrons. The van der Waals surface area contributed by atoms with E-state index in [1.165, 1.54) is 0 Å². The van der Waals surface area contributed by atoms with Gasteiger partial charge in [0.05, 0.1) is 13.2 Å². The van der Waals surface area contributed by atoms with Crippen molar-refractivity contribution < 1.29 is 14.3 Å². The van der Waals surface area contributed by atoms with Crippen molar-refractivity contribution in [1.29, 1.82) is 0 Å². The summed E-state index contributed by atoms with van der Waals surface area (Å²) in [6.07, 6.45) is 3.50. The number of anilines is 3. The van der Waals surface area contributed by atoms with E-state index in [4.69, 9.17) is 9.47 Å². The summed E-state index contributed by atoms with van der Waals surface area (Å²) in [6, 6.07) is 29.5. The Hall–Kier alpha value is -3.83. The summed E-state index contributed by atoms with van der Waals surface area (Å²) in [5.41, 5.74) is 2.72. The highest BCUT2D eigenvalue weighted by Gasteiger charge is 2.15. The SMILES string of the molecule is CCOc1ccc(N(c2ccc(OCC)cc2)c2ccc(/C=C/C(=O)c3ccccc3)s2)cc1. The molecule has 1 heterocycles. The summed E-state index contributed by atoms with van der Waals surface area (Å²) in [6.45, 7) is 5.21. The quantitative estimate of drug-likeness (QED) is 0.175. The van der Waals surface area contributed by atoms with Crippen LogP contribution in [0.15, 0.2) is 97.1 Å². The number of carbonyl (C=O) groups excluding carboxylic acids is 1. The van der Waals surface area contributed by atoms with E-state index in [0.29, 0.717) is 18.8 Å². The lowest BCUT2D eigenvalue weighted by Crippen LogP contribution is -2.08. The molecule has 0 aliphatic rings. The highest BCUT2D eigenvalue weighted by Crippen LogP contribution is 2.40. The van der Waals surface area contributed by atoms with Gasteiger partial charge < -0.3 is 14.4 Å². The summed E-state index contributed by atoms with van der Waals surface area (Å²) >= 11 is 1.62. The van der Waals surface area contributed by atoms with E-state index >= 15 is 0 Å². The van der Waals surface area contributed by atoms with Crippen molar-refractivity contribution in [2.45, 2.75) is 13.8 Å². The Morgan fingerprint density at radius 2 is 1.32 bits per heavy atom. The van der Waals surface area contributed by atoms with Crippen molar-refractivity contribution in [2.75, 3.05) is 18.1 Å². The molecule has 0 unspecified atom stereocenters. The fourth-order valence-corrected chi connectivity index (χ4v) is 4.48. The van der Waals surface area contributed by atoms with Crippen LogP contribution in [0.25, 0.3) is 6.08 Å². The molecule has 4 aromatic rings. The Kier molecular flexibility index (Phi) is 7.79. The first-order valence-corrected chi connectivity index (χ1v) is 12.1. The minimum absolute atomic E-state index is 0.00886. The number of ether oxygens (including phenoxy) is 2. The van der Waals surface area contributed by atoms with Gasteiger partial charge in [-0.25, -0.2) is 0 Å². The highest BCUT2D eigenvalue weighted by molar-refractivity contribution is 7.17. The van der Waals surface area contributed by atoms with Crippen LogP contribution in [0.4, 0.5) is 16.4 Å². The van der Waals surface area contributed by atoms with Crippen molar-refractivity contribution >= 4 is 39.6 Å². The fourth-order valence-electron chi connectivity index (χ4n) is 3.53. The molecule has 3 aromatic carbocycles. The molecule has 4 rings (SSSR count). The number of carbonyl (C=O) groups is 1. The minimum atomic E-state index is -0.00886. The maximum Gasteiger partial charge on any atom is 0.185 e. The van der Waals surface area contributed by atoms with E-state index < -0.39 is 0 Å². The van der Waals surface area contributed by atoms with Crippen LogP contribution in [0, 0.1) is 0 Å². The van der Waals surface area contributed by atoms with Crippen LogP contribution in [0.5, 0.6) is 11.5 Å². The van der Waals surface area contributed by atoms with Crippen molar-refractivity contribution in [2.24, 2.45) is 0 Å². The van der Waals surface area contributed by atoms with Gasteiger partial charge in [-0.05, 0) is 86.7 Å². The predicted molar refractivity (Wildman–Crippen MR) is 141 cm³/mol. The lowest BCUT2D eigenvalue weighted by atomic mass is 10.1. The fraction of sp³-hybridized carbons (Fsp3) is 0.138. The molecule has 0 aliphatic heterocycles. The molecule has 34 heavy (non-hydrogen) atoms. The van der Waals surface area contributed by atoms with E-state index in [-0.39, 0.29) is 5.78 Å². The van der Waals surface area contributed by atoms with Crippen molar-refractivity contribution in [3.63, 3.8) is 0 Å². The number of benzene rings is 3. The largest absolute Gasteiger partial charge is 0.494 e. The molecule has 0 amide bonds. The third kappa shape index (κ3) is 5.74. The van der Waals surface area contributed by atoms with Gasteiger partial charge >= 0.3 is 0 Å². The second-order valence-electron chi connectivity index (χ2n) is 7.43. The van der Waals surface area contributed by atoms with Crippen LogP contribution >= 0.6 is 11.3 Å². The third-order valence-corrected chi connectivity index (χ3v) is 6.14. The Bertz CT molecular complexity index is 1180. The first kappa shape index (κ1) is 23.3. The Morgan fingerprint density at radius 1 is 0.765 bits per heavy atom. The van der Waals surface area contributed by atoms with E-state index in [1.54, 1.807) is 17.4 Å². The molecule has 0 bridgehead atoms. The van der Waals surface area contributed by atoms with Crippen LogP contribution in [0.2, 0.25) is 0 Å². The molecule has 0 atom stereocenters. The van der Waals surface area contributed by atoms with Crippen LogP contribution in [-0.2, 0) is 0 Å². The van der Waals surface area contributed by atoms with Crippen molar-refractivity contribution in [3.8, 4) is 11.5 Å². The van der Waals surface area contributed by atoms with Gasteiger partial charge in [-0.15, -0.1) is 11.3 Å². The second-order valence-corrected chi connectivity index (χ2v) is 8.52. The molecule has 0 fully saturated rings. The highest BCUT2D eigenvalue weighted by atomic mass is 32.1. The number of ketones is 1. The van der Waals surface area contributed by atoms with Gasteiger partial charge in [0, 0.05) is 21.8 Å². The van der Waals surface area contributed by atoms with E-state index in [1.807, 2.05) is 80.6 Å². The van der Waals surface area contributed by atoms with Crippen LogP contribution in [0.3, 0.4) is 0 Å². The van der Waals surface area contributed by atoms with E-state index in [9.17, 15) is 4.79 Å². The third-order valence-electron chi connectivity index (χ3n) is 5.10. The molecule has 0 N–H and O–H groups in total. The second kappa shape index (κ2) is 11.3. The van der Waals surface area contributed by atoms with Gasteiger partial charge in [-0.1, -0.05) is 30.3 Å². The average molecular weight is 470 g/mol. The smallest absolute Gasteiger partial charge is 0.185 e. The van der Waals surface area contributed by atoms with Gasteiger partial charge in [0.15, 0.2) is 5.78 Å². The Morgan fingerprint density at radius 3 is 1.85 bits per heavy atom. The van der Waals surface area contributed by atoms with Crippen LogP contribution in [0.1, 0.15) is 29.1 Å². The zero-order valence-corrected chi connectivity index (χ0v) is 20.1. The standard InChI is InChI=1S/C29H27NO3S/c1-3-32-25-14-10-23(11-15-25)30(24-12-16-26(17-13-24)33-4-2)29-21-19-27(34-29)18-20-28(31)22-8-6-5-7-9-22/h5-21H,3-4H2,1-2H3/b20-18+.